The van der Waals surface area contributed by atoms with Crippen molar-refractivity contribution in [1.82, 2.24) is 5.32 Å². The van der Waals surface area contributed by atoms with Gasteiger partial charge in [-0.05, 0) is 52.5 Å². The summed E-state index contributed by atoms with van der Waals surface area (Å²) in [6.07, 6.45) is 2.53. The summed E-state index contributed by atoms with van der Waals surface area (Å²) in [6.45, 7) is 1.24. The predicted octanol–water partition coefficient (Wildman–Crippen LogP) is 4.42. The number of benzene rings is 2. The Bertz CT molecular complexity index is 611. The van der Waals surface area contributed by atoms with Gasteiger partial charge in [0.05, 0.1) is 4.47 Å². The third-order valence-electron chi connectivity index (χ3n) is 3.50. The fraction of sp³-hybridized carbons (Fsp3) is 0.294. The molecule has 4 heteroatoms. The van der Waals surface area contributed by atoms with Gasteiger partial charge in [0.1, 0.15) is 18.2 Å². The van der Waals surface area contributed by atoms with Crippen LogP contribution in [0.1, 0.15) is 24.0 Å². The molecule has 0 bridgehead atoms. The molecule has 0 amide bonds. The van der Waals surface area contributed by atoms with Crippen LogP contribution in [-0.2, 0) is 13.2 Å². The molecule has 0 atom stereocenters. The van der Waals surface area contributed by atoms with E-state index in [1.54, 1.807) is 12.1 Å². The van der Waals surface area contributed by atoms with E-state index in [1.165, 1.54) is 25.0 Å². The molecule has 0 unspecified atom stereocenters. The van der Waals surface area contributed by atoms with Gasteiger partial charge in [-0.25, -0.2) is 4.39 Å². The Balaban J connectivity index is 1.69. The lowest BCUT2D eigenvalue weighted by Crippen LogP contribution is -2.16. The van der Waals surface area contributed by atoms with E-state index < -0.39 is 0 Å². The fourth-order valence-corrected chi connectivity index (χ4v) is 2.65. The number of rotatable bonds is 6. The van der Waals surface area contributed by atoms with Gasteiger partial charge in [0, 0.05) is 18.2 Å². The van der Waals surface area contributed by atoms with Gasteiger partial charge in [-0.3, -0.25) is 0 Å². The molecule has 1 saturated carbocycles. The van der Waals surface area contributed by atoms with E-state index in [0.717, 1.165) is 27.9 Å². The topological polar surface area (TPSA) is 21.3 Å². The first-order chi connectivity index (χ1) is 10.2. The number of para-hydroxylation sites is 1. The highest BCUT2D eigenvalue weighted by Gasteiger charge is 2.21. The number of halogens is 2. The monoisotopic (exact) mass is 349 g/mol. The van der Waals surface area contributed by atoms with Gasteiger partial charge in [-0.2, -0.15) is 0 Å². The molecule has 1 aliphatic carbocycles. The Hall–Kier alpha value is -1.39. The first kappa shape index (κ1) is 14.5. The molecule has 2 aromatic rings. The standard InChI is InChI=1S/C17H17BrFNO/c18-16-3-1-2-13(10-20-15-8-9-15)17(16)21-11-12-4-6-14(19)7-5-12/h1-7,15,20H,8-11H2. The minimum Gasteiger partial charge on any atom is -0.487 e. The fourth-order valence-electron chi connectivity index (χ4n) is 2.13. The van der Waals surface area contributed by atoms with Crippen LogP contribution in [0.5, 0.6) is 5.75 Å². The Morgan fingerprint density at radius 1 is 1.14 bits per heavy atom. The largest absolute Gasteiger partial charge is 0.487 e. The number of ether oxygens (including phenoxy) is 1. The molecule has 0 aliphatic heterocycles. The van der Waals surface area contributed by atoms with E-state index in [4.69, 9.17) is 4.74 Å². The number of hydrogen-bond acceptors (Lipinski definition) is 2. The summed E-state index contributed by atoms with van der Waals surface area (Å²) in [5.41, 5.74) is 2.09. The molecule has 2 aromatic carbocycles. The average molecular weight is 350 g/mol. The summed E-state index contributed by atoms with van der Waals surface area (Å²) in [4.78, 5) is 0. The highest BCUT2D eigenvalue weighted by atomic mass is 79.9. The SMILES string of the molecule is Fc1ccc(COc2c(Br)cccc2CNC2CC2)cc1. The second-order valence-corrected chi connectivity index (χ2v) is 6.15. The van der Waals surface area contributed by atoms with Crippen molar-refractivity contribution in [3.8, 4) is 5.75 Å². The molecule has 0 spiro atoms. The van der Waals surface area contributed by atoms with Crippen molar-refractivity contribution in [2.24, 2.45) is 0 Å². The van der Waals surface area contributed by atoms with Crippen molar-refractivity contribution >= 4 is 15.9 Å². The first-order valence-corrected chi connectivity index (χ1v) is 7.89. The van der Waals surface area contributed by atoms with Crippen molar-refractivity contribution in [2.45, 2.75) is 32.0 Å². The van der Waals surface area contributed by atoms with Gasteiger partial charge < -0.3 is 10.1 Å². The van der Waals surface area contributed by atoms with E-state index in [2.05, 4.69) is 27.3 Å². The van der Waals surface area contributed by atoms with Crippen LogP contribution in [0.3, 0.4) is 0 Å². The number of hydrogen-bond donors (Lipinski definition) is 1. The third-order valence-corrected chi connectivity index (χ3v) is 4.13. The Morgan fingerprint density at radius 2 is 1.90 bits per heavy atom. The maximum absolute atomic E-state index is 12.9. The molecular formula is C17H17BrFNO. The van der Waals surface area contributed by atoms with Crippen molar-refractivity contribution in [3.63, 3.8) is 0 Å². The van der Waals surface area contributed by atoms with Crippen LogP contribution in [0.2, 0.25) is 0 Å². The van der Waals surface area contributed by atoms with Crippen LogP contribution in [0.4, 0.5) is 4.39 Å². The van der Waals surface area contributed by atoms with E-state index in [9.17, 15) is 4.39 Å². The molecule has 0 saturated heterocycles. The second kappa shape index (κ2) is 6.58. The van der Waals surface area contributed by atoms with Crippen LogP contribution < -0.4 is 10.1 Å². The minimum absolute atomic E-state index is 0.228. The molecule has 21 heavy (non-hydrogen) atoms. The lowest BCUT2D eigenvalue weighted by atomic mass is 10.2. The third kappa shape index (κ3) is 4.05. The lowest BCUT2D eigenvalue weighted by Gasteiger charge is -2.14. The molecule has 1 fully saturated rings. The minimum atomic E-state index is -0.228. The molecular weight excluding hydrogens is 333 g/mol. The Kier molecular flexibility index (Phi) is 4.56. The Morgan fingerprint density at radius 3 is 2.62 bits per heavy atom. The zero-order valence-electron chi connectivity index (χ0n) is 11.6. The van der Waals surface area contributed by atoms with Crippen molar-refractivity contribution < 1.29 is 9.13 Å². The highest BCUT2D eigenvalue weighted by Crippen LogP contribution is 2.30. The predicted molar refractivity (Wildman–Crippen MR) is 84.7 cm³/mol. The summed E-state index contributed by atoms with van der Waals surface area (Å²) < 4.78 is 19.8. The Labute approximate surface area is 132 Å². The van der Waals surface area contributed by atoms with E-state index in [-0.39, 0.29) is 5.82 Å². The summed E-state index contributed by atoms with van der Waals surface area (Å²) in [6, 6.07) is 13.1. The van der Waals surface area contributed by atoms with Crippen LogP contribution in [0, 0.1) is 5.82 Å². The van der Waals surface area contributed by atoms with Gasteiger partial charge >= 0.3 is 0 Å². The number of nitrogens with one attached hydrogen (secondary N) is 1. The van der Waals surface area contributed by atoms with Crippen LogP contribution in [0.25, 0.3) is 0 Å². The van der Waals surface area contributed by atoms with Gasteiger partial charge in [0.25, 0.3) is 0 Å². The molecule has 1 aliphatic rings. The first-order valence-electron chi connectivity index (χ1n) is 7.10. The zero-order chi connectivity index (χ0) is 14.7. The van der Waals surface area contributed by atoms with Crippen molar-refractivity contribution in [2.75, 3.05) is 0 Å². The summed E-state index contributed by atoms with van der Waals surface area (Å²) in [7, 11) is 0. The van der Waals surface area contributed by atoms with E-state index in [0.29, 0.717) is 12.6 Å². The molecule has 110 valence electrons. The average Bonchev–Trinajstić information content (AvgIpc) is 3.30. The second-order valence-electron chi connectivity index (χ2n) is 5.30. The molecule has 0 radical (unpaired) electrons. The van der Waals surface area contributed by atoms with Crippen molar-refractivity contribution in [1.29, 1.82) is 0 Å². The van der Waals surface area contributed by atoms with Gasteiger partial charge in [-0.1, -0.05) is 24.3 Å². The smallest absolute Gasteiger partial charge is 0.138 e. The van der Waals surface area contributed by atoms with Gasteiger partial charge in [0.15, 0.2) is 0 Å². The van der Waals surface area contributed by atoms with Crippen LogP contribution in [-0.4, -0.2) is 6.04 Å². The zero-order valence-corrected chi connectivity index (χ0v) is 13.2. The molecule has 0 aromatic heterocycles. The van der Waals surface area contributed by atoms with Gasteiger partial charge in [0.2, 0.25) is 0 Å². The molecule has 0 heterocycles. The molecule has 1 N–H and O–H groups in total. The molecule has 3 rings (SSSR count). The van der Waals surface area contributed by atoms with E-state index in [1.807, 2.05) is 12.1 Å². The maximum atomic E-state index is 12.9. The summed E-state index contributed by atoms with van der Waals surface area (Å²) >= 11 is 3.54. The maximum Gasteiger partial charge on any atom is 0.138 e. The summed E-state index contributed by atoms with van der Waals surface area (Å²) in [5.74, 6) is 0.629. The summed E-state index contributed by atoms with van der Waals surface area (Å²) in [5, 5.41) is 3.50. The molecule has 2 nitrogen and oxygen atoms in total. The van der Waals surface area contributed by atoms with Crippen LogP contribution >= 0.6 is 15.9 Å². The van der Waals surface area contributed by atoms with Crippen molar-refractivity contribution in [3.05, 3.63) is 63.9 Å². The normalized spacial score (nSPS) is 14.2. The highest BCUT2D eigenvalue weighted by molar-refractivity contribution is 9.10. The van der Waals surface area contributed by atoms with Gasteiger partial charge in [-0.15, -0.1) is 0 Å². The quantitative estimate of drug-likeness (QED) is 0.833. The lowest BCUT2D eigenvalue weighted by molar-refractivity contribution is 0.300. The van der Waals surface area contributed by atoms with E-state index >= 15 is 0 Å². The van der Waals surface area contributed by atoms with Crippen LogP contribution in [0.15, 0.2) is 46.9 Å².